The Labute approximate surface area is 124 Å². The molecule has 2 nitrogen and oxygen atoms in total. The van der Waals surface area contributed by atoms with Gasteiger partial charge in [-0.3, -0.25) is 4.79 Å². The number of carbonyl (C=O) groups excluding carboxylic acids is 1. The van der Waals surface area contributed by atoms with E-state index in [0.29, 0.717) is 12.2 Å². The van der Waals surface area contributed by atoms with E-state index >= 15 is 0 Å². The molecule has 2 aromatic carbocycles. The number of aryl methyl sites for hydroxylation is 1. The van der Waals surface area contributed by atoms with Crippen LogP contribution in [-0.2, 0) is 11.2 Å². The number of carbonyl (C=O) groups is 1. The minimum Gasteiger partial charge on any atom is -0.496 e. The van der Waals surface area contributed by atoms with Crippen LogP contribution in [0.4, 0.5) is 0 Å². The average Bonchev–Trinajstić information content (AvgIpc) is 2.44. The molecular formula is C17H17ClO2. The van der Waals surface area contributed by atoms with E-state index in [1.54, 1.807) is 7.11 Å². The van der Waals surface area contributed by atoms with Gasteiger partial charge in [-0.15, -0.1) is 0 Å². The van der Waals surface area contributed by atoms with Crippen LogP contribution in [-0.4, -0.2) is 12.4 Å². The first-order valence-electron chi connectivity index (χ1n) is 6.49. The second-order valence-corrected chi connectivity index (χ2v) is 5.16. The summed E-state index contributed by atoms with van der Waals surface area (Å²) in [5.41, 5.74) is 3.09. The van der Waals surface area contributed by atoms with Crippen molar-refractivity contribution < 1.29 is 9.53 Å². The number of ether oxygens (including phenoxy) is 1. The van der Waals surface area contributed by atoms with Crippen LogP contribution in [0.1, 0.15) is 22.6 Å². The van der Waals surface area contributed by atoms with Crippen LogP contribution in [0.3, 0.4) is 0 Å². The molecule has 0 N–H and O–H groups in total. The van der Waals surface area contributed by atoms with Gasteiger partial charge in [0.05, 0.1) is 13.0 Å². The lowest BCUT2D eigenvalue weighted by molar-refractivity contribution is -0.113. The molecule has 2 aromatic rings. The quantitative estimate of drug-likeness (QED) is 0.775. The Kier molecular flexibility index (Phi) is 4.80. The summed E-state index contributed by atoms with van der Waals surface area (Å²) in [4.78, 5) is 11.8. The molecule has 0 saturated heterocycles. The molecule has 0 aromatic heterocycles. The van der Waals surface area contributed by atoms with Crippen molar-refractivity contribution >= 4 is 16.8 Å². The Bertz CT molecular complexity index is 607. The Morgan fingerprint density at radius 1 is 1.20 bits per heavy atom. The normalized spacial score (nSPS) is 11.9. The molecule has 2 rings (SSSR count). The van der Waals surface area contributed by atoms with Crippen LogP contribution in [0.25, 0.3) is 0 Å². The van der Waals surface area contributed by atoms with Crippen LogP contribution >= 0.6 is 11.6 Å². The summed E-state index contributed by atoms with van der Waals surface area (Å²) in [5.74, 6) is 0.300. The monoisotopic (exact) mass is 288 g/mol. The Morgan fingerprint density at radius 2 is 1.95 bits per heavy atom. The molecule has 0 bridgehead atoms. The summed E-state index contributed by atoms with van der Waals surface area (Å²) in [6.07, 6.45) is 0.574. The van der Waals surface area contributed by atoms with Crippen molar-refractivity contribution in [3.05, 3.63) is 65.2 Å². The van der Waals surface area contributed by atoms with Gasteiger partial charge in [0.2, 0.25) is 5.24 Å². The van der Waals surface area contributed by atoms with Gasteiger partial charge in [0, 0.05) is 5.56 Å². The topological polar surface area (TPSA) is 26.3 Å². The molecule has 0 radical (unpaired) electrons. The molecule has 0 amide bonds. The van der Waals surface area contributed by atoms with Gasteiger partial charge >= 0.3 is 0 Å². The summed E-state index contributed by atoms with van der Waals surface area (Å²) in [5, 5.41) is -0.365. The van der Waals surface area contributed by atoms with Crippen LogP contribution in [0, 0.1) is 6.92 Å². The van der Waals surface area contributed by atoms with Gasteiger partial charge in [-0.2, -0.15) is 0 Å². The van der Waals surface area contributed by atoms with Crippen molar-refractivity contribution in [1.29, 1.82) is 0 Å². The van der Waals surface area contributed by atoms with Crippen molar-refractivity contribution in [3.8, 4) is 5.75 Å². The van der Waals surface area contributed by atoms with Gasteiger partial charge < -0.3 is 4.74 Å². The van der Waals surface area contributed by atoms with Crippen molar-refractivity contribution in [2.75, 3.05) is 7.11 Å². The molecule has 0 unspecified atom stereocenters. The molecule has 0 spiro atoms. The fraction of sp³-hybridized carbons (Fsp3) is 0.235. The predicted octanol–water partition coefficient (Wildman–Crippen LogP) is 4.10. The first kappa shape index (κ1) is 14.6. The highest BCUT2D eigenvalue weighted by molar-refractivity contribution is 6.64. The van der Waals surface area contributed by atoms with Gasteiger partial charge in [-0.25, -0.2) is 0 Å². The second kappa shape index (κ2) is 6.58. The van der Waals surface area contributed by atoms with Crippen LogP contribution in [0.5, 0.6) is 5.75 Å². The summed E-state index contributed by atoms with van der Waals surface area (Å²) in [7, 11) is 1.60. The van der Waals surface area contributed by atoms with Crippen molar-refractivity contribution in [1.82, 2.24) is 0 Å². The fourth-order valence-corrected chi connectivity index (χ4v) is 2.54. The van der Waals surface area contributed by atoms with E-state index in [2.05, 4.69) is 6.07 Å². The second-order valence-electron chi connectivity index (χ2n) is 4.79. The summed E-state index contributed by atoms with van der Waals surface area (Å²) < 4.78 is 5.33. The summed E-state index contributed by atoms with van der Waals surface area (Å²) in [6, 6.07) is 15.6. The molecule has 0 heterocycles. The molecule has 0 aliphatic heterocycles. The molecule has 0 aliphatic carbocycles. The zero-order valence-electron chi connectivity index (χ0n) is 11.6. The number of hydrogen-bond donors (Lipinski definition) is 0. The third kappa shape index (κ3) is 3.40. The van der Waals surface area contributed by atoms with Gasteiger partial charge in [0.1, 0.15) is 5.75 Å². The standard InChI is InChI=1S/C17H17ClO2/c1-12-6-5-7-13(10-12)11-15(17(18)19)14-8-3-4-9-16(14)20-2/h3-10,15H,11H2,1-2H3/t15-/m0/s1. The van der Waals surface area contributed by atoms with E-state index in [-0.39, 0.29) is 5.24 Å². The van der Waals surface area contributed by atoms with Gasteiger partial charge in [0.25, 0.3) is 0 Å². The van der Waals surface area contributed by atoms with Gasteiger partial charge in [0.15, 0.2) is 0 Å². The number of rotatable bonds is 5. The lowest BCUT2D eigenvalue weighted by atomic mass is 9.92. The number of halogens is 1. The molecule has 20 heavy (non-hydrogen) atoms. The minimum atomic E-state index is -0.394. The number of methoxy groups -OCH3 is 1. The molecule has 3 heteroatoms. The Morgan fingerprint density at radius 3 is 2.60 bits per heavy atom. The Hall–Kier alpha value is -1.80. The average molecular weight is 289 g/mol. The predicted molar refractivity (Wildman–Crippen MR) is 81.5 cm³/mol. The SMILES string of the molecule is COc1ccccc1[C@H](Cc1cccc(C)c1)C(=O)Cl. The highest BCUT2D eigenvalue weighted by Crippen LogP contribution is 2.31. The van der Waals surface area contributed by atoms with E-state index in [1.165, 1.54) is 5.56 Å². The van der Waals surface area contributed by atoms with Crippen LogP contribution < -0.4 is 4.74 Å². The maximum atomic E-state index is 11.8. The van der Waals surface area contributed by atoms with Gasteiger partial charge in [-0.05, 0) is 36.6 Å². The summed E-state index contributed by atoms with van der Waals surface area (Å²) >= 11 is 5.80. The molecule has 0 saturated carbocycles. The van der Waals surface area contributed by atoms with E-state index in [1.807, 2.05) is 49.4 Å². The molecule has 0 fully saturated rings. The van der Waals surface area contributed by atoms with Crippen molar-refractivity contribution in [2.24, 2.45) is 0 Å². The van der Waals surface area contributed by atoms with E-state index < -0.39 is 5.92 Å². The minimum absolute atomic E-state index is 0.365. The molecular weight excluding hydrogens is 272 g/mol. The highest BCUT2D eigenvalue weighted by Gasteiger charge is 2.22. The van der Waals surface area contributed by atoms with E-state index in [9.17, 15) is 4.79 Å². The lowest BCUT2D eigenvalue weighted by Crippen LogP contribution is -2.11. The van der Waals surface area contributed by atoms with Gasteiger partial charge in [-0.1, -0.05) is 48.0 Å². The fourth-order valence-electron chi connectivity index (χ4n) is 2.34. The zero-order valence-corrected chi connectivity index (χ0v) is 12.4. The third-order valence-electron chi connectivity index (χ3n) is 3.31. The molecule has 0 aliphatic rings. The largest absolute Gasteiger partial charge is 0.496 e. The Balaban J connectivity index is 2.34. The number of benzene rings is 2. The van der Waals surface area contributed by atoms with E-state index in [4.69, 9.17) is 16.3 Å². The maximum Gasteiger partial charge on any atom is 0.229 e. The molecule has 104 valence electrons. The van der Waals surface area contributed by atoms with E-state index in [0.717, 1.165) is 11.1 Å². The smallest absolute Gasteiger partial charge is 0.229 e. The maximum absolute atomic E-state index is 11.8. The highest BCUT2D eigenvalue weighted by atomic mass is 35.5. The first-order chi connectivity index (χ1) is 9.61. The number of hydrogen-bond acceptors (Lipinski definition) is 2. The third-order valence-corrected chi connectivity index (χ3v) is 3.57. The van der Waals surface area contributed by atoms with Crippen LogP contribution in [0.2, 0.25) is 0 Å². The zero-order chi connectivity index (χ0) is 14.5. The summed E-state index contributed by atoms with van der Waals surface area (Å²) in [6.45, 7) is 2.03. The van der Waals surface area contributed by atoms with Crippen LogP contribution in [0.15, 0.2) is 48.5 Å². The van der Waals surface area contributed by atoms with Crippen molar-refractivity contribution in [2.45, 2.75) is 19.3 Å². The number of para-hydroxylation sites is 1. The molecule has 1 atom stereocenters. The first-order valence-corrected chi connectivity index (χ1v) is 6.87. The lowest BCUT2D eigenvalue weighted by Gasteiger charge is -2.16. The van der Waals surface area contributed by atoms with Crippen molar-refractivity contribution in [3.63, 3.8) is 0 Å².